The minimum Gasteiger partial charge on any atom is -0.377 e. The monoisotopic (exact) mass is 391 g/mol. The van der Waals surface area contributed by atoms with Gasteiger partial charge in [0.05, 0.1) is 0 Å². The van der Waals surface area contributed by atoms with Gasteiger partial charge >= 0.3 is 12.1 Å². The van der Waals surface area contributed by atoms with E-state index in [0.29, 0.717) is 18.8 Å². The minimum absolute atomic E-state index is 0.0783. The Morgan fingerprint density at radius 2 is 1.79 bits per heavy atom. The average molecular weight is 392 g/mol. The van der Waals surface area contributed by atoms with Crippen LogP contribution < -0.4 is 20.9 Å². The van der Waals surface area contributed by atoms with Crippen LogP contribution in [0.5, 0.6) is 0 Å². The Bertz CT molecular complexity index is 667. The third kappa shape index (κ3) is 7.29. The van der Waals surface area contributed by atoms with E-state index in [4.69, 9.17) is 0 Å². The Balaban J connectivity index is 3.15. The van der Waals surface area contributed by atoms with Gasteiger partial charge in [-0.05, 0) is 64.8 Å². The fourth-order valence-corrected chi connectivity index (χ4v) is 2.81. The maximum atomic E-state index is 12.6. The zero-order valence-corrected chi connectivity index (χ0v) is 18.6. The van der Waals surface area contributed by atoms with Gasteiger partial charge in [-0.3, -0.25) is 0 Å². The Hall–Kier alpha value is -2.44. The molecule has 1 atom stereocenters. The van der Waals surface area contributed by atoms with E-state index in [1.807, 2.05) is 76.7 Å². The van der Waals surface area contributed by atoms with Gasteiger partial charge in [-0.25, -0.2) is 9.59 Å². The lowest BCUT2D eigenvalue weighted by Crippen LogP contribution is -2.44. The Kier molecular flexibility index (Phi) is 8.60. The van der Waals surface area contributed by atoms with Crippen LogP contribution in [-0.2, 0) is 6.54 Å². The van der Waals surface area contributed by atoms with E-state index >= 15 is 0 Å². The van der Waals surface area contributed by atoms with Crippen molar-refractivity contribution >= 4 is 23.4 Å². The number of rotatable bonds is 7. The highest BCUT2D eigenvalue weighted by atomic mass is 16.2. The van der Waals surface area contributed by atoms with Crippen molar-refractivity contribution in [2.75, 3.05) is 30.9 Å². The fraction of sp³-hybridized carbons (Fsp3) is 0.619. The lowest BCUT2D eigenvalue weighted by molar-refractivity contribution is 0.174. The van der Waals surface area contributed by atoms with Crippen LogP contribution in [-0.4, -0.2) is 49.2 Å². The largest absolute Gasteiger partial charge is 0.377 e. The molecule has 158 valence electrons. The number of amides is 4. The molecular weight excluding hydrogens is 354 g/mol. The highest BCUT2D eigenvalue weighted by Gasteiger charge is 2.21. The number of hydrogen-bond donors (Lipinski definition) is 3. The molecule has 0 unspecified atom stereocenters. The molecule has 7 heteroatoms. The molecule has 0 saturated heterocycles. The Labute approximate surface area is 169 Å². The van der Waals surface area contributed by atoms with E-state index in [2.05, 4.69) is 22.9 Å². The summed E-state index contributed by atoms with van der Waals surface area (Å²) in [6.07, 6.45) is 0.861. The molecule has 0 heterocycles. The molecule has 1 aromatic rings. The number of anilines is 2. The third-order valence-corrected chi connectivity index (χ3v) is 4.36. The Morgan fingerprint density at radius 1 is 1.14 bits per heavy atom. The van der Waals surface area contributed by atoms with Crippen LogP contribution in [0.25, 0.3) is 0 Å². The van der Waals surface area contributed by atoms with Gasteiger partial charge in [0.1, 0.15) is 0 Å². The lowest BCUT2D eigenvalue weighted by Gasteiger charge is -2.30. The van der Waals surface area contributed by atoms with Gasteiger partial charge in [0, 0.05) is 50.1 Å². The molecular formula is C21H37N5O2. The minimum atomic E-state index is -0.317. The number of nitrogens with zero attached hydrogens (tertiary/aromatic N) is 2. The molecule has 0 aliphatic carbocycles. The van der Waals surface area contributed by atoms with Gasteiger partial charge in [-0.2, -0.15) is 0 Å². The molecule has 0 bridgehead atoms. The molecule has 3 N–H and O–H groups in total. The maximum absolute atomic E-state index is 12.6. The predicted molar refractivity (Wildman–Crippen MR) is 117 cm³/mol. The van der Waals surface area contributed by atoms with Crippen molar-refractivity contribution < 1.29 is 9.59 Å². The summed E-state index contributed by atoms with van der Waals surface area (Å²) in [5.41, 5.74) is 2.37. The van der Waals surface area contributed by atoms with E-state index in [1.165, 1.54) is 0 Å². The fourth-order valence-electron chi connectivity index (χ4n) is 2.81. The molecule has 1 rings (SSSR count). The second-order valence-electron chi connectivity index (χ2n) is 8.29. The summed E-state index contributed by atoms with van der Waals surface area (Å²) in [5.74, 6) is 0. The van der Waals surface area contributed by atoms with Crippen molar-refractivity contribution in [2.45, 2.75) is 66.1 Å². The van der Waals surface area contributed by atoms with Crippen molar-refractivity contribution in [1.29, 1.82) is 0 Å². The third-order valence-electron chi connectivity index (χ3n) is 4.36. The molecule has 7 nitrogen and oxygen atoms in total. The Morgan fingerprint density at radius 3 is 2.29 bits per heavy atom. The van der Waals surface area contributed by atoms with Crippen LogP contribution in [0.4, 0.5) is 21.0 Å². The van der Waals surface area contributed by atoms with E-state index in [0.717, 1.165) is 17.7 Å². The molecule has 0 aliphatic rings. The second kappa shape index (κ2) is 10.2. The summed E-state index contributed by atoms with van der Waals surface area (Å²) in [4.78, 5) is 28.6. The lowest BCUT2D eigenvalue weighted by atomic mass is 10.1. The first-order chi connectivity index (χ1) is 13.0. The number of carbonyl (C=O) groups excluding carboxylic acids is 2. The summed E-state index contributed by atoms with van der Waals surface area (Å²) in [6.45, 7) is 12.9. The first-order valence-electron chi connectivity index (χ1n) is 9.92. The van der Waals surface area contributed by atoms with Gasteiger partial charge in [-0.1, -0.05) is 6.92 Å². The van der Waals surface area contributed by atoms with Gasteiger partial charge in [0.25, 0.3) is 0 Å². The summed E-state index contributed by atoms with van der Waals surface area (Å²) in [7, 11) is 3.94. The molecule has 0 radical (unpaired) electrons. The predicted octanol–water partition coefficient (Wildman–Crippen LogP) is 4.00. The van der Waals surface area contributed by atoms with Crippen LogP contribution >= 0.6 is 0 Å². The normalized spacial score (nSPS) is 12.1. The second-order valence-corrected chi connectivity index (χ2v) is 8.29. The number of hydrogen-bond acceptors (Lipinski definition) is 3. The van der Waals surface area contributed by atoms with Crippen LogP contribution in [0, 0.1) is 0 Å². The van der Waals surface area contributed by atoms with E-state index in [9.17, 15) is 9.59 Å². The highest BCUT2D eigenvalue weighted by Crippen LogP contribution is 2.25. The van der Waals surface area contributed by atoms with Gasteiger partial charge < -0.3 is 25.8 Å². The molecule has 0 fully saturated rings. The molecule has 4 amide bonds. The SMILES string of the molecule is CCNC(=O)N(Cc1cc(NC(=O)NC(C)(C)C)ccc1N(C)C)[C@H](C)CC. The van der Waals surface area contributed by atoms with Crippen molar-refractivity contribution in [3.05, 3.63) is 23.8 Å². The first-order valence-corrected chi connectivity index (χ1v) is 9.92. The standard InChI is InChI=1S/C21H37N5O2/c1-9-15(3)26(20(28)22-10-2)14-16-13-17(11-12-18(16)25(7)8)23-19(27)24-21(4,5)6/h11-13,15H,9-10,14H2,1-8H3,(H,22,28)(H2,23,24,27)/t15-/m1/s1. The summed E-state index contributed by atoms with van der Waals surface area (Å²) < 4.78 is 0. The van der Waals surface area contributed by atoms with Crippen LogP contribution in [0.2, 0.25) is 0 Å². The zero-order valence-electron chi connectivity index (χ0n) is 18.6. The first kappa shape index (κ1) is 23.6. The molecule has 28 heavy (non-hydrogen) atoms. The molecule has 0 aliphatic heterocycles. The van der Waals surface area contributed by atoms with E-state index in [-0.39, 0.29) is 23.6 Å². The number of benzene rings is 1. The molecule has 0 spiro atoms. The van der Waals surface area contributed by atoms with Crippen molar-refractivity contribution in [3.8, 4) is 0 Å². The number of nitrogens with one attached hydrogen (secondary N) is 3. The molecule has 0 saturated carbocycles. The number of urea groups is 2. The quantitative estimate of drug-likeness (QED) is 0.657. The maximum Gasteiger partial charge on any atom is 0.319 e. The van der Waals surface area contributed by atoms with Gasteiger partial charge in [0.2, 0.25) is 0 Å². The molecule has 0 aromatic heterocycles. The molecule has 1 aromatic carbocycles. The zero-order chi connectivity index (χ0) is 21.5. The number of carbonyl (C=O) groups is 2. The average Bonchev–Trinajstić information content (AvgIpc) is 2.57. The van der Waals surface area contributed by atoms with Gasteiger partial charge in [-0.15, -0.1) is 0 Å². The topological polar surface area (TPSA) is 76.7 Å². The van der Waals surface area contributed by atoms with Crippen LogP contribution in [0.15, 0.2) is 18.2 Å². The van der Waals surface area contributed by atoms with Crippen molar-refractivity contribution in [2.24, 2.45) is 0 Å². The highest BCUT2D eigenvalue weighted by molar-refractivity contribution is 5.90. The summed E-state index contributed by atoms with van der Waals surface area (Å²) in [5, 5.41) is 8.68. The van der Waals surface area contributed by atoms with E-state index in [1.54, 1.807) is 0 Å². The summed E-state index contributed by atoms with van der Waals surface area (Å²) in [6, 6.07) is 5.55. The van der Waals surface area contributed by atoms with Crippen LogP contribution in [0.1, 0.15) is 53.5 Å². The van der Waals surface area contributed by atoms with Crippen molar-refractivity contribution in [1.82, 2.24) is 15.5 Å². The van der Waals surface area contributed by atoms with Crippen molar-refractivity contribution in [3.63, 3.8) is 0 Å². The smallest absolute Gasteiger partial charge is 0.319 e. The summed E-state index contributed by atoms with van der Waals surface area (Å²) >= 11 is 0. The van der Waals surface area contributed by atoms with E-state index < -0.39 is 0 Å². The van der Waals surface area contributed by atoms with Crippen LogP contribution in [0.3, 0.4) is 0 Å². The van der Waals surface area contributed by atoms with Gasteiger partial charge in [0.15, 0.2) is 0 Å².